The van der Waals surface area contributed by atoms with Crippen LogP contribution in [0.3, 0.4) is 0 Å². The minimum atomic E-state index is -4.42. The van der Waals surface area contributed by atoms with Crippen LogP contribution in [-0.2, 0) is 10.9 Å². The third-order valence-electron chi connectivity index (χ3n) is 6.29. The van der Waals surface area contributed by atoms with Crippen molar-refractivity contribution in [2.75, 3.05) is 31.1 Å². The molecule has 5 N–H and O–H groups in total. The van der Waals surface area contributed by atoms with Gasteiger partial charge in [0.2, 0.25) is 0 Å². The standard InChI is InChI=1S/C24H29F3N2O5S/c25-24(26,27)14-6-7-20-16(12-14)29(15-4-1-2-5-19(15)35-20)11-3-9-28-10-8-17-21(31)23(33)22(32)18(13-30)34-17/h1-2,4-7,12,17-18,21-23,28,30-33H,3,8-11,13H2/t17-,18-,21+,22-,23-/m1/s1. The highest BCUT2D eigenvalue weighted by atomic mass is 32.2. The highest BCUT2D eigenvalue weighted by Crippen LogP contribution is 2.49. The fourth-order valence-corrected chi connectivity index (χ4v) is 5.47. The molecule has 0 radical (unpaired) electrons. The molecule has 0 aromatic heterocycles. The number of aliphatic hydroxyl groups excluding tert-OH is 4. The van der Waals surface area contributed by atoms with Crippen LogP contribution in [0.25, 0.3) is 0 Å². The number of halogens is 3. The third-order valence-corrected chi connectivity index (χ3v) is 7.42. The van der Waals surface area contributed by atoms with Gasteiger partial charge in [0.15, 0.2) is 0 Å². The number of alkyl halides is 3. The molecule has 0 bridgehead atoms. The van der Waals surface area contributed by atoms with E-state index < -0.39 is 48.9 Å². The van der Waals surface area contributed by atoms with E-state index in [9.17, 15) is 33.6 Å². The zero-order chi connectivity index (χ0) is 25.2. The van der Waals surface area contributed by atoms with Crippen LogP contribution in [0.15, 0.2) is 52.3 Å². The largest absolute Gasteiger partial charge is 0.416 e. The van der Waals surface area contributed by atoms with E-state index in [0.717, 1.165) is 21.5 Å². The molecular formula is C24H29F3N2O5S. The molecule has 5 atom stereocenters. The van der Waals surface area contributed by atoms with Gasteiger partial charge in [-0.25, -0.2) is 0 Å². The molecule has 2 heterocycles. The molecular weight excluding hydrogens is 485 g/mol. The normalized spacial score (nSPS) is 26.4. The maximum absolute atomic E-state index is 13.3. The van der Waals surface area contributed by atoms with Crippen LogP contribution in [0.5, 0.6) is 0 Å². The minimum Gasteiger partial charge on any atom is -0.394 e. The monoisotopic (exact) mass is 514 g/mol. The molecule has 35 heavy (non-hydrogen) atoms. The Morgan fingerprint density at radius 3 is 2.37 bits per heavy atom. The summed E-state index contributed by atoms with van der Waals surface area (Å²) in [5, 5.41) is 42.4. The maximum atomic E-state index is 13.3. The first kappa shape index (κ1) is 26.2. The lowest BCUT2D eigenvalue weighted by molar-refractivity contribution is -0.229. The first-order valence-electron chi connectivity index (χ1n) is 11.5. The summed E-state index contributed by atoms with van der Waals surface area (Å²) in [7, 11) is 0. The number of aliphatic hydroxyl groups is 4. The third kappa shape index (κ3) is 5.77. The van der Waals surface area contributed by atoms with Gasteiger partial charge in [0, 0.05) is 16.3 Å². The summed E-state index contributed by atoms with van der Waals surface area (Å²) in [5.74, 6) is 0. The van der Waals surface area contributed by atoms with Crippen LogP contribution in [0.4, 0.5) is 24.5 Å². The first-order valence-corrected chi connectivity index (χ1v) is 12.3. The average molecular weight is 515 g/mol. The lowest BCUT2D eigenvalue weighted by atomic mass is 9.93. The second-order valence-corrected chi connectivity index (χ2v) is 9.75. The van der Waals surface area contributed by atoms with Gasteiger partial charge in [0.25, 0.3) is 0 Å². The van der Waals surface area contributed by atoms with Gasteiger partial charge >= 0.3 is 6.18 Å². The molecule has 11 heteroatoms. The van der Waals surface area contributed by atoms with Gasteiger partial charge in [0.05, 0.1) is 29.6 Å². The van der Waals surface area contributed by atoms with Crippen LogP contribution in [0.1, 0.15) is 18.4 Å². The summed E-state index contributed by atoms with van der Waals surface area (Å²) >= 11 is 1.45. The molecule has 0 spiro atoms. The quantitative estimate of drug-likeness (QED) is 0.343. The zero-order valence-electron chi connectivity index (χ0n) is 18.9. The first-order chi connectivity index (χ1) is 16.7. The predicted molar refractivity (Wildman–Crippen MR) is 125 cm³/mol. The van der Waals surface area contributed by atoms with Gasteiger partial charge in [-0.2, -0.15) is 13.2 Å². The van der Waals surface area contributed by atoms with Crippen LogP contribution in [-0.4, -0.2) is 77.2 Å². The van der Waals surface area contributed by atoms with Gasteiger partial charge in [0.1, 0.15) is 24.4 Å². The van der Waals surface area contributed by atoms with Crippen molar-refractivity contribution in [1.29, 1.82) is 0 Å². The van der Waals surface area contributed by atoms with Crippen molar-refractivity contribution >= 4 is 23.1 Å². The van der Waals surface area contributed by atoms with Crippen molar-refractivity contribution in [2.24, 2.45) is 0 Å². The number of ether oxygens (including phenoxy) is 1. The Kier molecular flexibility index (Phi) is 8.26. The van der Waals surface area contributed by atoms with Gasteiger partial charge < -0.3 is 35.4 Å². The lowest BCUT2D eigenvalue weighted by Gasteiger charge is -2.40. The van der Waals surface area contributed by atoms with Crippen molar-refractivity contribution < 1.29 is 38.3 Å². The predicted octanol–water partition coefficient (Wildman–Crippen LogP) is 2.52. The number of hydrogen-bond donors (Lipinski definition) is 5. The van der Waals surface area contributed by atoms with Gasteiger partial charge in [-0.15, -0.1) is 0 Å². The molecule has 0 aliphatic carbocycles. The van der Waals surface area contributed by atoms with E-state index in [1.807, 2.05) is 29.2 Å². The Morgan fingerprint density at radius 1 is 0.914 bits per heavy atom. The van der Waals surface area contributed by atoms with Crippen molar-refractivity contribution in [1.82, 2.24) is 5.32 Å². The van der Waals surface area contributed by atoms with Crippen LogP contribution in [0, 0.1) is 0 Å². The number of para-hydroxylation sites is 1. The summed E-state index contributed by atoms with van der Waals surface area (Å²) in [6, 6.07) is 11.4. The second kappa shape index (κ2) is 11.0. The summed E-state index contributed by atoms with van der Waals surface area (Å²) in [5.41, 5.74) is 0.717. The second-order valence-electron chi connectivity index (χ2n) is 8.66. The Morgan fingerprint density at radius 2 is 1.63 bits per heavy atom. The number of hydrogen-bond acceptors (Lipinski definition) is 8. The van der Waals surface area contributed by atoms with Gasteiger partial charge in [-0.05, 0) is 56.3 Å². The van der Waals surface area contributed by atoms with Crippen LogP contribution >= 0.6 is 11.8 Å². The summed E-state index contributed by atoms with van der Waals surface area (Å²) in [6.45, 7) is 1.04. The SMILES string of the molecule is OC[C@H]1O[C@H](CCNCCCN2c3ccccc3Sc3ccc(C(F)(F)F)cc32)[C@H](O)[C@@H](O)[C@@H]1O. The molecule has 2 aliphatic heterocycles. The number of nitrogens with zero attached hydrogens (tertiary/aromatic N) is 1. The van der Waals surface area contributed by atoms with Crippen molar-refractivity contribution in [3.8, 4) is 0 Å². The highest BCUT2D eigenvalue weighted by Gasteiger charge is 2.42. The molecule has 1 fully saturated rings. The molecule has 0 saturated carbocycles. The van der Waals surface area contributed by atoms with Gasteiger partial charge in [-0.3, -0.25) is 0 Å². The Bertz CT molecular complexity index is 1010. The fourth-order valence-electron chi connectivity index (χ4n) is 4.40. The number of rotatable bonds is 8. The molecule has 2 aromatic carbocycles. The topological polar surface area (TPSA) is 105 Å². The molecule has 0 unspecified atom stereocenters. The zero-order valence-corrected chi connectivity index (χ0v) is 19.7. The molecule has 2 aliphatic rings. The minimum absolute atomic E-state index is 0.350. The summed E-state index contributed by atoms with van der Waals surface area (Å²) in [4.78, 5) is 3.66. The van der Waals surface area contributed by atoms with E-state index in [1.54, 1.807) is 0 Å². The number of fused-ring (bicyclic) bond motifs is 2. The Balaban J connectivity index is 1.34. The molecule has 0 amide bonds. The fraction of sp³-hybridized carbons (Fsp3) is 0.500. The molecule has 1 saturated heterocycles. The van der Waals surface area contributed by atoms with Gasteiger partial charge in [-0.1, -0.05) is 23.9 Å². The van der Waals surface area contributed by atoms with Crippen molar-refractivity contribution in [3.05, 3.63) is 48.0 Å². The maximum Gasteiger partial charge on any atom is 0.416 e. The molecule has 7 nitrogen and oxygen atoms in total. The van der Waals surface area contributed by atoms with Crippen LogP contribution in [0.2, 0.25) is 0 Å². The number of anilines is 2. The summed E-state index contributed by atoms with van der Waals surface area (Å²) < 4.78 is 45.5. The molecule has 4 rings (SSSR count). The highest BCUT2D eigenvalue weighted by molar-refractivity contribution is 7.99. The Labute approximate surface area is 205 Å². The van der Waals surface area contributed by atoms with E-state index >= 15 is 0 Å². The molecule has 2 aromatic rings. The average Bonchev–Trinajstić information content (AvgIpc) is 2.84. The van der Waals surface area contributed by atoms with Crippen molar-refractivity contribution in [2.45, 2.75) is 59.3 Å². The van der Waals surface area contributed by atoms with E-state index in [0.29, 0.717) is 38.2 Å². The van der Waals surface area contributed by atoms with E-state index in [2.05, 4.69) is 5.32 Å². The van der Waals surface area contributed by atoms with E-state index in [1.165, 1.54) is 23.9 Å². The molecule has 192 valence electrons. The lowest BCUT2D eigenvalue weighted by Crippen LogP contribution is -2.58. The van der Waals surface area contributed by atoms with E-state index in [4.69, 9.17) is 4.74 Å². The number of nitrogens with one attached hydrogen (secondary N) is 1. The Hall–Kier alpha value is -1.86. The van der Waals surface area contributed by atoms with E-state index in [-0.39, 0.29) is 0 Å². The van der Waals surface area contributed by atoms with Crippen LogP contribution < -0.4 is 10.2 Å². The smallest absolute Gasteiger partial charge is 0.394 e. The van der Waals surface area contributed by atoms with Crippen molar-refractivity contribution in [3.63, 3.8) is 0 Å². The summed E-state index contributed by atoms with van der Waals surface area (Å²) in [6.07, 6.45) is -9.15. The number of benzene rings is 2.